The lowest BCUT2D eigenvalue weighted by Crippen LogP contribution is -2.56. The van der Waals surface area contributed by atoms with Gasteiger partial charge < -0.3 is 29.9 Å². The summed E-state index contributed by atoms with van der Waals surface area (Å²) in [6.07, 6.45) is 5.24. The van der Waals surface area contributed by atoms with Gasteiger partial charge in [-0.25, -0.2) is 4.79 Å². The van der Waals surface area contributed by atoms with E-state index in [4.69, 9.17) is 9.47 Å². The molecule has 3 aromatic carbocycles. The molecule has 2 N–H and O–H groups in total. The summed E-state index contributed by atoms with van der Waals surface area (Å²) in [6, 6.07) is 21.7. The van der Waals surface area contributed by atoms with Crippen LogP contribution in [-0.4, -0.2) is 90.2 Å². The molecule has 0 radical (unpaired) electrons. The van der Waals surface area contributed by atoms with Gasteiger partial charge in [-0.3, -0.25) is 14.4 Å². The molecule has 0 saturated carbocycles. The fourth-order valence-corrected chi connectivity index (χ4v) is 6.19. The van der Waals surface area contributed by atoms with Gasteiger partial charge >= 0.3 is 6.09 Å². The maximum atomic E-state index is 14.6. The fraction of sp³-hybridized carbons (Fsp3) is 0.463. The number of rotatable bonds is 14. The Bertz CT molecular complexity index is 1670. The molecular weight excluding hydrogens is 644 g/mol. The van der Waals surface area contributed by atoms with Crippen molar-refractivity contribution in [3.8, 4) is 0 Å². The van der Waals surface area contributed by atoms with E-state index in [9.17, 15) is 19.2 Å². The van der Waals surface area contributed by atoms with E-state index in [1.165, 1.54) is 15.9 Å². The number of hydrogen-bond acceptors (Lipinski definition) is 6. The number of ether oxygens (including phenoxy) is 2. The molecule has 274 valence electrons. The Morgan fingerprint density at radius 1 is 0.882 bits per heavy atom. The van der Waals surface area contributed by atoms with Crippen LogP contribution in [0.2, 0.25) is 0 Å². The Morgan fingerprint density at radius 3 is 2.25 bits per heavy atom. The molecule has 51 heavy (non-hydrogen) atoms. The summed E-state index contributed by atoms with van der Waals surface area (Å²) in [5, 5.41) is 7.89. The van der Waals surface area contributed by atoms with E-state index in [0.29, 0.717) is 26.0 Å². The molecule has 0 bridgehead atoms. The van der Waals surface area contributed by atoms with Crippen molar-refractivity contribution in [1.29, 1.82) is 0 Å². The van der Waals surface area contributed by atoms with Crippen LogP contribution in [0.4, 0.5) is 4.79 Å². The number of hydrogen-bond donors (Lipinski definition) is 2. The Hall–Kier alpha value is -4.70. The van der Waals surface area contributed by atoms with E-state index in [0.717, 1.165) is 34.7 Å². The van der Waals surface area contributed by atoms with Crippen LogP contribution in [0.25, 0.3) is 10.8 Å². The smallest absolute Gasteiger partial charge is 0.408 e. The van der Waals surface area contributed by atoms with E-state index >= 15 is 0 Å². The quantitative estimate of drug-likeness (QED) is 0.205. The van der Waals surface area contributed by atoms with Crippen molar-refractivity contribution in [1.82, 2.24) is 20.4 Å². The molecule has 1 aliphatic rings. The zero-order valence-corrected chi connectivity index (χ0v) is 31.1. The van der Waals surface area contributed by atoms with Gasteiger partial charge in [0, 0.05) is 45.6 Å². The molecule has 1 fully saturated rings. The van der Waals surface area contributed by atoms with Crippen molar-refractivity contribution in [2.24, 2.45) is 0 Å². The Morgan fingerprint density at radius 2 is 1.57 bits per heavy atom. The molecule has 3 aromatic rings. The first kappa shape index (κ1) is 39.1. The van der Waals surface area contributed by atoms with Crippen LogP contribution >= 0.6 is 0 Å². The average Bonchev–Trinajstić information content (AvgIpc) is 3.61. The predicted molar refractivity (Wildman–Crippen MR) is 200 cm³/mol. The number of alkyl carbamates (subject to hydrolysis) is 1. The highest BCUT2D eigenvalue weighted by atomic mass is 16.6. The van der Waals surface area contributed by atoms with Crippen LogP contribution in [0.3, 0.4) is 0 Å². The summed E-state index contributed by atoms with van der Waals surface area (Å²) >= 11 is 0. The van der Waals surface area contributed by atoms with Crippen molar-refractivity contribution in [3.05, 3.63) is 96.1 Å². The van der Waals surface area contributed by atoms with Crippen LogP contribution in [-0.2, 0) is 36.7 Å². The summed E-state index contributed by atoms with van der Waals surface area (Å²) < 4.78 is 11.1. The lowest BCUT2D eigenvalue weighted by molar-refractivity contribution is -0.146. The number of carbonyl (C=O) groups excluding carboxylic acids is 4. The third-order valence-electron chi connectivity index (χ3n) is 9.04. The molecule has 3 atom stereocenters. The molecule has 4 amide bonds. The van der Waals surface area contributed by atoms with E-state index in [-0.39, 0.29) is 30.2 Å². The van der Waals surface area contributed by atoms with Crippen LogP contribution in [0.15, 0.2) is 84.9 Å². The van der Waals surface area contributed by atoms with Crippen molar-refractivity contribution >= 4 is 34.6 Å². The normalized spacial score (nSPS) is 16.0. The number of benzene rings is 3. The van der Waals surface area contributed by atoms with Gasteiger partial charge in [-0.1, -0.05) is 78.9 Å². The van der Waals surface area contributed by atoms with Gasteiger partial charge in [-0.05, 0) is 81.9 Å². The number of fused-ring (bicyclic) bond motifs is 1. The van der Waals surface area contributed by atoms with Gasteiger partial charge in [-0.2, -0.15) is 0 Å². The highest BCUT2D eigenvalue weighted by Crippen LogP contribution is 2.23. The fourth-order valence-electron chi connectivity index (χ4n) is 6.19. The summed E-state index contributed by atoms with van der Waals surface area (Å²) in [5.74, 6) is -1.01. The molecule has 10 heteroatoms. The Balaban J connectivity index is 1.59. The summed E-state index contributed by atoms with van der Waals surface area (Å²) in [5.41, 5.74) is 0.486. The monoisotopic (exact) mass is 698 g/mol. The van der Waals surface area contributed by atoms with E-state index in [1.54, 1.807) is 40.9 Å². The molecule has 1 unspecified atom stereocenters. The van der Waals surface area contributed by atoms with Crippen molar-refractivity contribution in [2.75, 3.05) is 27.2 Å². The lowest BCUT2D eigenvalue weighted by atomic mass is 9.96. The third kappa shape index (κ3) is 11.7. The van der Waals surface area contributed by atoms with E-state index < -0.39 is 29.3 Å². The molecule has 0 spiro atoms. The predicted octanol–water partition coefficient (Wildman–Crippen LogP) is 5.82. The Kier molecular flexibility index (Phi) is 13.4. The van der Waals surface area contributed by atoms with Gasteiger partial charge in [0.1, 0.15) is 17.7 Å². The minimum Gasteiger partial charge on any atom is -0.444 e. The van der Waals surface area contributed by atoms with Crippen molar-refractivity contribution in [2.45, 2.75) is 96.1 Å². The van der Waals surface area contributed by atoms with Gasteiger partial charge in [0.2, 0.25) is 17.7 Å². The van der Waals surface area contributed by atoms with Crippen LogP contribution in [0.5, 0.6) is 0 Å². The molecule has 0 aliphatic carbocycles. The zero-order valence-electron chi connectivity index (χ0n) is 31.1. The highest BCUT2D eigenvalue weighted by molar-refractivity contribution is 5.95. The molecule has 1 saturated heterocycles. The minimum atomic E-state index is -0.921. The number of amides is 4. The van der Waals surface area contributed by atoms with Gasteiger partial charge in [0.05, 0.1) is 6.10 Å². The topological polar surface area (TPSA) is 117 Å². The largest absolute Gasteiger partial charge is 0.444 e. The van der Waals surface area contributed by atoms with Crippen LogP contribution in [0, 0.1) is 0 Å². The summed E-state index contributed by atoms with van der Waals surface area (Å²) in [4.78, 5) is 57.5. The van der Waals surface area contributed by atoms with E-state index in [1.807, 2.05) is 86.6 Å². The second-order valence-corrected chi connectivity index (χ2v) is 15.0. The summed E-state index contributed by atoms with van der Waals surface area (Å²) in [6.45, 7) is 10.1. The summed E-state index contributed by atoms with van der Waals surface area (Å²) in [7, 11) is 3.25. The maximum Gasteiger partial charge on any atom is 0.408 e. The molecule has 1 aliphatic heterocycles. The lowest BCUT2D eigenvalue weighted by Gasteiger charge is -2.34. The van der Waals surface area contributed by atoms with Crippen molar-refractivity contribution < 1.29 is 28.7 Å². The molecule has 1 heterocycles. The molecule has 0 aromatic heterocycles. The average molecular weight is 699 g/mol. The minimum absolute atomic E-state index is 0.0497. The highest BCUT2D eigenvalue weighted by Gasteiger charge is 2.35. The first-order valence-electron chi connectivity index (χ1n) is 17.7. The first-order chi connectivity index (χ1) is 24.1. The number of nitrogens with one attached hydrogen (secondary N) is 2. The number of carbonyl (C=O) groups is 4. The van der Waals surface area contributed by atoms with E-state index in [2.05, 4.69) is 10.6 Å². The number of likely N-dealkylation sites (N-methyl/N-ethyl adjacent to an activating group) is 2. The third-order valence-corrected chi connectivity index (χ3v) is 9.04. The second-order valence-electron chi connectivity index (χ2n) is 15.0. The van der Waals surface area contributed by atoms with Gasteiger partial charge in [0.15, 0.2) is 0 Å². The Labute approximate surface area is 302 Å². The number of nitrogens with zero attached hydrogens (tertiary/aromatic N) is 2. The molecular formula is C41H54N4O6. The maximum absolute atomic E-state index is 14.6. The second kappa shape index (κ2) is 17.5. The SMILES string of the molecule is CN(C(=O)/C=C/CC(C)(C)NC(=O)OC(C)(C)C)[C@H](Cc1cccc2ccccc12)C(=O)N(C)[C@H](Cc1ccccc1)C(=O)NCC1CCCO1. The van der Waals surface area contributed by atoms with Crippen LogP contribution < -0.4 is 10.6 Å². The van der Waals surface area contributed by atoms with Gasteiger partial charge in [-0.15, -0.1) is 0 Å². The first-order valence-corrected chi connectivity index (χ1v) is 17.7. The molecule has 4 rings (SSSR count). The van der Waals surface area contributed by atoms with Crippen molar-refractivity contribution in [3.63, 3.8) is 0 Å². The molecule has 10 nitrogen and oxygen atoms in total. The van der Waals surface area contributed by atoms with Crippen LogP contribution in [0.1, 0.15) is 65.0 Å². The standard InChI is InChI=1S/C41H54N4O6/c1-40(2,3)51-39(49)43-41(4,5)24-14-23-36(46)44(6)35(27-31-20-13-19-30-18-11-12-22-33(30)31)38(48)45(7)34(26-29-16-9-8-10-17-29)37(47)42-28-32-21-15-25-50-32/h8-14,16-20,22-23,32,34-35H,15,21,24-28H2,1-7H3,(H,42,47)(H,43,49)/b23-14+/t32?,34-,35-/m1/s1. The van der Waals surface area contributed by atoms with Gasteiger partial charge in [0.25, 0.3) is 0 Å². The zero-order chi connectivity index (χ0) is 37.2.